The van der Waals surface area contributed by atoms with Gasteiger partial charge in [0.25, 0.3) is 5.78 Å². The van der Waals surface area contributed by atoms with Crippen LogP contribution in [0.15, 0.2) is 130 Å². The SMILES string of the molecule is Cc1ccccc1COc1ccc(/C(O)=C2\C(=O)C(=O)N(c3nnc(SCc4cccc5ccccc45)s3)C2c2cccc(Br)c2)cc1. The van der Waals surface area contributed by atoms with E-state index in [1.165, 1.54) is 33.4 Å². The van der Waals surface area contributed by atoms with E-state index in [2.05, 4.69) is 50.4 Å². The molecule has 0 saturated carbocycles. The molecule has 7 nitrogen and oxygen atoms in total. The Balaban J connectivity index is 1.18. The number of carbonyl (C=O) groups excluding carboxylic acids is 2. The van der Waals surface area contributed by atoms with Crippen molar-refractivity contribution in [2.24, 2.45) is 0 Å². The average molecular weight is 735 g/mol. The first kappa shape index (κ1) is 31.8. The Kier molecular flexibility index (Phi) is 9.12. The van der Waals surface area contributed by atoms with Gasteiger partial charge in [-0.2, -0.15) is 0 Å². The van der Waals surface area contributed by atoms with Crippen LogP contribution in [0, 0.1) is 6.92 Å². The number of fused-ring (bicyclic) bond motifs is 1. The third-order valence-electron chi connectivity index (χ3n) is 8.23. The fourth-order valence-electron chi connectivity index (χ4n) is 5.74. The topological polar surface area (TPSA) is 92.6 Å². The summed E-state index contributed by atoms with van der Waals surface area (Å²) < 4.78 is 7.40. The number of aliphatic hydroxyl groups is 1. The number of aryl methyl sites for hydroxylation is 1. The van der Waals surface area contributed by atoms with Crippen molar-refractivity contribution in [2.45, 2.75) is 29.7 Å². The summed E-state index contributed by atoms with van der Waals surface area (Å²) in [4.78, 5) is 28.7. The number of halogens is 1. The highest BCUT2D eigenvalue weighted by Crippen LogP contribution is 2.44. The minimum atomic E-state index is -0.914. The van der Waals surface area contributed by atoms with E-state index in [0.717, 1.165) is 26.5 Å². The molecule has 238 valence electrons. The van der Waals surface area contributed by atoms with Crippen molar-refractivity contribution in [3.63, 3.8) is 0 Å². The summed E-state index contributed by atoms with van der Waals surface area (Å²) in [7, 11) is 0. The van der Waals surface area contributed by atoms with E-state index in [1.807, 2.05) is 73.7 Å². The lowest BCUT2D eigenvalue weighted by molar-refractivity contribution is -0.132. The van der Waals surface area contributed by atoms with Gasteiger partial charge in [-0.1, -0.05) is 118 Å². The molecule has 0 bridgehead atoms. The summed E-state index contributed by atoms with van der Waals surface area (Å²) in [6.07, 6.45) is 0. The fourth-order valence-corrected chi connectivity index (χ4v) is 8.02. The van der Waals surface area contributed by atoms with Gasteiger partial charge in [-0.15, -0.1) is 10.2 Å². The van der Waals surface area contributed by atoms with Crippen LogP contribution in [0.4, 0.5) is 5.13 Å². The number of nitrogens with zero attached hydrogens (tertiary/aromatic N) is 3. The van der Waals surface area contributed by atoms with Crippen molar-refractivity contribution in [1.29, 1.82) is 0 Å². The molecule has 0 radical (unpaired) electrons. The minimum Gasteiger partial charge on any atom is -0.507 e. The lowest BCUT2D eigenvalue weighted by Gasteiger charge is -2.22. The van der Waals surface area contributed by atoms with Crippen molar-refractivity contribution in [2.75, 3.05) is 4.90 Å². The van der Waals surface area contributed by atoms with Gasteiger partial charge in [0.2, 0.25) is 5.13 Å². The van der Waals surface area contributed by atoms with Crippen LogP contribution >= 0.6 is 39.0 Å². The van der Waals surface area contributed by atoms with E-state index in [9.17, 15) is 14.7 Å². The second kappa shape index (κ2) is 13.8. The van der Waals surface area contributed by atoms with Gasteiger partial charge in [0.15, 0.2) is 4.34 Å². The Bertz CT molecular complexity index is 2190. The van der Waals surface area contributed by atoms with E-state index < -0.39 is 17.7 Å². The average Bonchev–Trinajstić information content (AvgIpc) is 3.68. The summed E-state index contributed by atoms with van der Waals surface area (Å²) in [5, 5.41) is 22.9. The van der Waals surface area contributed by atoms with E-state index in [-0.39, 0.29) is 16.5 Å². The molecule has 0 spiro atoms. The van der Waals surface area contributed by atoms with Gasteiger partial charge in [0, 0.05) is 15.8 Å². The highest BCUT2D eigenvalue weighted by molar-refractivity contribution is 9.10. The fraction of sp³-hybridized carbons (Fsp3) is 0.105. The maximum atomic E-state index is 13.7. The number of amides is 1. The van der Waals surface area contributed by atoms with Gasteiger partial charge in [0.05, 0.1) is 11.6 Å². The van der Waals surface area contributed by atoms with Crippen LogP contribution in [-0.2, 0) is 21.9 Å². The zero-order chi connectivity index (χ0) is 33.2. The van der Waals surface area contributed by atoms with Crippen molar-refractivity contribution in [3.05, 3.63) is 153 Å². The first-order valence-corrected chi connectivity index (χ1v) is 17.7. The predicted octanol–water partition coefficient (Wildman–Crippen LogP) is 9.26. The standard InChI is InChI=1S/C38H28BrN3O4S2/c1-23-8-2-3-10-27(23)21-46-30-18-16-25(17-19-30)34(43)32-33(26-12-7-14-29(39)20-26)42(36(45)35(32)44)37-40-41-38(48-37)47-22-28-13-6-11-24-9-4-5-15-31(24)28/h2-20,33,43H,21-22H2,1H3/b34-32+. The quantitative estimate of drug-likeness (QED) is 0.0521. The van der Waals surface area contributed by atoms with Crippen molar-refractivity contribution in [1.82, 2.24) is 10.2 Å². The summed E-state index contributed by atoms with van der Waals surface area (Å²) >= 11 is 6.28. The molecule has 1 fully saturated rings. The lowest BCUT2D eigenvalue weighted by atomic mass is 9.95. The van der Waals surface area contributed by atoms with Gasteiger partial charge < -0.3 is 9.84 Å². The normalized spacial score (nSPS) is 15.7. The number of carbonyl (C=O) groups is 2. The number of thioether (sulfide) groups is 1. The molecule has 5 aromatic carbocycles. The first-order valence-electron chi connectivity index (χ1n) is 15.1. The van der Waals surface area contributed by atoms with Crippen LogP contribution in [0.2, 0.25) is 0 Å². The highest BCUT2D eigenvalue weighted by atomic mass is 79.9. The van der Waals surface area contributed by atoms with Crippen LogP contribution in [0.3, 0.4) is 0 Å². The highest BCUT2D eigenvalue weighted by Gasteiger charge is 2.48. The molecule has 1 aliphatic rings. The van der Waals surface area contributed by atoms with Crippen molar-refractivity contribution < 1.29 is 19.4 Å². The zero-order valence-electron chi connectivity index (χ0n) is 25.7. The number of benzene rings is 5. The molecular formula is C38H28BrN3O4S2. The van der Waals surface area contributed by atoms with Crippen LogP contribution in [0.5, 0.6) is 5.75 Å². The molecule has 1 saturated heterocycles. The minimum absolute atomic E-state index is 0.0214. The lowest BCUT2D eigenvalue weighted by Crippen LogP contribution is -2.29. The smallest absolute Gasteiger partial charge is 0.301 e. The van der Waals surface area contributed by atoms with E-state index in [4.69, 9.17) is 4.74 Å². The number of rotatable bonds is 9. The Hall–Kier alpha value is -4.77. The summed E-state index contributed by atoms with van der Waals surface area (Å²) in [5.41, 5.74) is 4.38. The summed E-state index contributed by atoms with van der Waals surface area (Å²) in [5.74, 6) is -0.573. The number of ether oxygens (including phenoxy) is 1. The van der Waals surface area contributed by atoms with E-state index in [0.29, 0.717) is 33.6 Å². The Morgan fingerprint density at radius 2 is 1.62 bits per heavy atom. The molecule has 48 heavy (non-hydrogen) atoms. The molecule has 6 aromatic rings. The van der Waals surface area contributed by atoms with Gasteiger partial charge in [-0.3, -0.25) is 14.5 Å². The Labute approximate surface area is 294 Å². The Morgan fingerprint density at radius 1 is 0.896 bits per heavy atom. The number of ketones is 1. The molecule has 1 aliphatic heterocycles. The second-order valence-electron chi connectivity index (χ2n) is 11.2. The van der Waals surface area contributed by atoms with Crippen LogP contribution in [-0.4, -0.2) is 27.0 Å². The summed E-state index contributed by atoms with van der Waals surface area (Å²) in [6.45, 7) is 2.43. The third kappa shape index (κ3) is 6.38. The molecule has 7 rings (SSSR count). The van der Waals surface area contributed by atoms with Crippen molar-refractivity contribution >= 4 is 72.4 Å². The van der Waals surface area contributed by atoms with Crippen LogP contribution < -0.4 is 9.64 Å². The van der Waals surface area contributed by atoms with Gasteiger partial charge in [0.1, 0.15) is 18.1 Å². The van der Waals surface area contributed by atoms with Crippen LogP contribution in [0.1, 0.15) is 33.9 Å². The monoisotopic (exact) mass is 733 g/mol. The molecule has 1 aromatic heterocycles. The van der Waals surface area contributed by atoms with Crippen LogP contribution in [0.25, 0.3) is 16.5 Å². The predicted molar refractivity (Wildman–Crippen MR) is 194 cm³/mol. The van der Waals surface area contributed by atoms with Gasteiger partial charge in [-0.25, -0.2) is 0 Å². The number of anilines is 1. The van der Waals surface area contributed by atoms with Gasteiger partial charge >= 0.3 is 5.91 Å². The number of aliphatic hydroxyl groups excluding tert-OH is 1. The number of hydrogen-bond donors (Lipinski definition) is 1. The molecule has 0 aliphatic carbocycles. The number of aromatic nitrogens is 2. The molecule has 1 amide bonds. The summed E-state index contributed by atoms with van der Waals surface area (Å²) in [6, 6.07) is 35.7. The Morgan fingerprint density at radius 3 is 2.44 bits per heavy atom. The van der Waals surface area contributed by atoms with E-state index >= 15 is 0 Å². The maximum Gasteiger partial charge on any atom is 0.301 e. The molecule has 1 atom stereocenters. The molecule has 2 heterocycles. The molecule has 1 N–H and O–H groups in total. The molecule has 1 unspecified atom stereocenters. The largest absolute Gasteiger partial charge is 0.507 e. The molecular weight excluding hydrogens is 706 g/mol. The number of hydrogen-bond acceptors (Lipinski definition) is 8. The van der Waals surface area contributed by atoms with Crippen molar-refractivity contribution in [3.8, 4) is 5.75 Å². The second-order valence-corrected chi connectivity index (χ2v) is 14.3. The number of Topliss-reactive ketones (excluding diaryl/α,β-unsaturated/α-hetero) is 1. The first-order chi connectivity index (χ1) is 23.4. The zero-order valence-corrected chi connectivity index (χ0v) is 28.9. The van der Waals surface area contributed by atoms with Gasteiger partial charge in [-0.05, 0) is 76.3 Å². The maximum absolute atomic E-state index is 13.7. The molecule has 10 heteroatoms. The van der Waals surface area contributed by atoms with E-state index in [1.54, 1.807) is 24.3 Å². The third-order valence-corrected chi connectivity index (χ3v) is 10.8.